The van der Waals surface area contributed by atoms with Gasteiger partial charge in [0.1, 0.15) is 10.6 Å². The molecule has 2 heterocycles. The quantitative estimate of drug-likeness (QED) is 0.138. The van der Waals surface area contributed by atoms with Crippen LogP contribution in [0.15, 0.2) is 67.3 Å². The lowest BCUT2D eigenvalue weighted by molar-refractivity contribution is -0.126. The molecule has 0 aliphatic heterocycles. The van der Waals surface area contributed by atoms with Gasteiger partial charge in [0, 0.05) is 54.7 Å². The minimum absolute atomic E-state index is 0.199. The zero-order chi connectivity index (χ0) is 30.6. The Morgan fingerprint density at radius 1 is 1.09 bits per heavy atom. The molecule has 0 spiro atoms. The van der Waals surface area contributed by atoms with Crippen LogP contribution in [0.4, 0.5) is 42.0 Å². The Kier molecular flexibility index (Phi) is 9.16. The van der Waals surface area contributed by atoms with Crippen LogP contribution in [0, 0.1) is 0 Å². The molecule has 8 nitrogen and oxygen atoms in total. The van der Waals surface area contributed by atoms with Crippen LogP contribution in [0.2, 0.25) is 0 Å². The van der Waals surface area contributed by atoms with Crippen LogP contribution in [0.5, 0.6) is 0 Å². The Bertz CT molecular complexity index is 1590. The first kappa shape index (κ1) is 30.3. The van der Waals surface area contributed by atoms with Crippen LogP contribution in [0.3, 0.4) is 0 Å². The molecular formula is C31H34F3N7OS. The van der Waals surface area contributed by atoms with Crippen molar-refractivity contribution in [3.63, 3.8) is 0 Å². The number of nitrogens with zero attached hydrogens (tertiary/aromatic N) is 3. The smallest absolute Gasteiger partial charge is 0.357 e. The van der Waals surface area contributed by atoms with Crippen LogP contribution >= 0.6 is 11.3 Å². The van der Waals surface area contributed by atoms with E-state index in [1.54, 1.807) is 13.1 Å². The van der Waals surface area contributed by atoms with Crippen molar-refractivity contribution in [3.8, 4) is 0 Å². The third kappa shape index (κ3) is 7.82. The number of hydrogen-bond donors (Lipinski definition) is 4. The highest BCUT2D eigenvalue weighted by Gasteiger charge is 2.31. The molecular weight excluding hydrogens is 575 g/mol. The summed E-state index contributed by atoms with van der Waals surface area (Å²) in [5.74, 6) is 0.790. The van der Waals surface area contributed by atoms with Gasteiger partial charge in [0.05, 0.1) is 11.8 Å². The molecule has 12 heteroatoms. The summed E-state index contributed by atoms with van der Waals surface area (Å²) < 4.78 is 39.1. The van der Waals surface area contributed by atoms with E-state index in [0.717, 1.165) is 54.1 Å². The molecule has 2 aromatic heterocycles. The number of aromatic nitrogens is 2. The van der Waals surface area contributed by atoms with Gasteiger partial charge in [-0.05, 0) is 67.3 Å². The summed E-state index contributed by atoms with van der Waals surface area (Å²) in [6.07, 6.45) is -1.18. The van der Waals surface area contributed by atoms with Gasteiger partial charge in [0.15, 0.2) is 0 Å². The summed E-state index contributed by atoms with van der Waals surface area (Å²) in [7, 11) is 3.67. The molecule has 0 saturated heterocycles. The van der Waals surface area contributed by atoms with Crippen LogP contribution < -0.4 is 26.2 Å². The lowest BCUT2D eigenvalue weighted by atomic mass is 10.1. The summed E-state index contributed by atoms with van der Waals surface area (Å²) in [6.45, 7) is 4.19. The topological polar surface area (TPSA) is 94.2 Å². The Morgan fingerprint density at radius 3 is 2.58 bits per heavy atom. The molecule has 1 aliphatic carbocycles. The second-order valence-electron chi connectivity index (χ2n) is 10.6. The summed E-state index contributed by atoms with van der Waals surface area (Å²) in [6, 6.07) is 17.7. The van der Waals surface area contributed by atoms with E-state index in [0.29, 0.717) is 33.7 Å². The van der Waals surface area contributed by atoms with E-state index in [4.69, 9.17) is 0 Å². The maximum Gasteiger partial charge on any atom is 0.393 e. The first-order valence-corrected chi connectivity index (χ1v) is 14.8. The lowest BCUT2D eigenvalue weighted by Gasteiger charge is -2.27. The molecule has 4 aromatic rings. The van der Waals surface area contributed by atoms with Gasteiger partial charge in [0.2, 0.25) is 11.9 Å². The van der Waals surface area contributed by atoms with Crippen molar-refractivity contribution < 1.29 is 18.0 Å². The van der Waals surface area contributed by atoms with Crippen molar-refractivity contribution in [3.05, 3.63) is 77.7 Å². The van der Waals surface area contributed by atoms with E-state index in [-0.39, 0.29) is 16.8 Å². The molecule has 5 rings (SSSR count). The monoisotopic (exact) mass is 609 g/mol. The molecule has 1 fully saturated rings. The van der Waals surface area contributed by atoms with E-state index < -0.39 is 12.6 Å². The van der Waals surface area contributed by atoms with Crippen LogP contribution in [-0.4, -0.2) is 48.2 Å². The minimum Gasteiger partial charge on any atom is -0.357 e. The van der Waals surface area contributed by atoms with Crippen LogP contribution in [0.1, 0.15) is 29.7 Å². The predicted molar refractivity (Wildman–Crippen MR) is 168 cm³/mol. The fraction of sp³-hybridized carbons (Fsp3) is 0.323. The van der Waals surface area contributed by atoms with E-state index in [2.05, 4.69) is 54.8 Å². The number of benzene rings is 2. The van der Waals surface area contributed by atoms with Crippen molar-refractivity contribution in [2.24, 2.45) is 0 Å². The molecule has 43 heavy (non-hydrogen) atoms. The summed E-state index contributed by atoms with van der Waals surface area (Å²) in [5, 5.41) is 13.4. The maximum absolute atomic E-state index is 13.0. The van der Waals surface area contributed by atoms with Gasteiger partial charge in [-0.2, -0.15) is 18.2 Å². The van der Waals surface area contributed by atoms with Crippen molar-refractivity contribution in [2.45, 2.75) is 50.5 Å². The number of anilines is 5. The van der Waals surface area contributed by atoms with Gasteiger partial charge < -0.3 is 26.2 Å². The van der Waals surface area contributed by atoms with Gasteiger partial charge >= 0.3 is 6.18 Å². The van der Waals surface area contributed by atoms with Crippen LogP contribution in [0.25, 0.3) is 10.2 Å². The van der Waals surface area contributed by atoms with Crippen molar-refractivity contribution >= 4 is 56.3 Å². The first-order valence-electron chi connectivity index (χ1n) is 14.0. The molecule has 2 aromatic carbocycles. The molecule has 226 valence electrons. The average molecular weight is 610 g/mol. The number of carbonyl (C=O) groups is 1. The largest absolute Gasteiger partial charge is 0.393 e. The minimum atomic E-state index is -4.27. The summed E-state index contributed by atoms with van der Waals surface area (Å²) >= 11 is 1.07. The van der Waals surface area contributed by atoms with Crippen molar-refractivity contribution in [1.82, 2.24) is 15.3 Å². The Hall–Kier alpha value is -4.16. The van der Waals surface area contributed by atoms with Crippen molar-refractivity contribution in [1.29, 1.82) is 0 Å². The fourth-order valence-electron chi connectivity index (χ4n) is 5.29. The highest BCUT2D eigenvalue weighted by Crippen LogP contribution is 2.37. The molecule has 4 N–H and O–H groups in total. The van der Waals surface area contributed by atoms with E-state index >= 15 is 0 Å². The van der Waals surface area contributed by atoms with E-state index in [1.807, 2.05) is 43.4 Å². The van der Waals surface area contributed by atoms with Crippen LogP contribution in [-0.2, 0) is 17.8 Å². The lowest BCUT2D eigenvalue weighted by Crippen LogP contribution is -2.33. The molecule has 2 atom stereocenters. The average Bonchev–Trinajstić information content (AvgIpc) is 3.61. The van der Waals surface area contributed by atoms with Gasteiger partial charge in [-0.3, -0.25) is 4.79 Å². The molecule has 1 aliphatic rings. The highest BCUT2D eigenvalue weighted by molar-refractivity contribution is 7.18. The Balaban J connectivity index is 1.17. The summed E-state index contributed by atoms with van der Waals surface area (Å²) in [4.78, 5) is 23.5. The van der Waals surface area contributed by atoms with Gasteiger partial charge in [-0.15, -0.1) is 11.3 Å². The highest BCUT2D eigenvalue weighted by atomic mass is 32.1. The molecule has 0 bridgehead atoms. The zero-order valence-electron chi connectivity index (χ0n) is 24.0. The number of alkyl halides is 3. The summed E-state index contributed by atoms with van der Waals surface area (Å²) in [5.41, 5.74) is 3.63. The molecule has 0 radical (unpaired) electrons. The fourth-order valence-corrected chi connectivity index (χ4v) is 6.35. The molecule has 1 saturated carbocycles. The van der Waals surface area contributed by atoms with E-state index in [9.17, 15) is 18.0 Å². The first-order chi connectivity index (χ1) is 20.6. The van der Waals surface area contributed by atoms with Crippen molar-refractivity contribution in [2.75, 3.05) is 34.9 Å². The second kappa shape index (κ2) is 13.0. The Labute approximate surface area is 252 Å². The van der Waals surface area contributed by atoms with E-state index in [1.165, 1.54) is 6.08 Å². The zero-order valence-corrected chi connectivity index (χ0v) is 24.8. The number of amides is 1. The van der Waals surface area contributed by atoms with Gasteiger partial charge in [0.25, 0.3) is 0 Å². The second-order valence-corrected chi connectivity index (χ2v) is 11.7. The van der Waals surface area contributed by atoms with Gasteiger partial charge in [-0.25, -0.2) is 4.98 Å². The standard InChI is InChI=1S/C31H34F3N7OS/c1-4-27(42)38-23-7-5-6-22(14-23)37-20-10-8-19(9-11-20)18-36-21-12-13-24(15-21)41(3)28-26-16-25(17-31(32,33)34)43-29(26)40-30(35-2)39-28/h4-11,14,16,21,24,36-37H,1,12-13,15,17-18H2,2-3H3,(H,38,42)(H,35,39,40). The number of thiophene rings is 1. The third-order valence-electron chi connectivity index (χ3n) is 7.46. The Morgan fingerprint density at radius 2 is 1.86 bits per heavy atom. The predicted octanol–water partition coefficient (Wildman–Crippen LogP) is 6.85. The number of fused-ring (bicyclic) bond motifs is 1. The SMILES string of the molecule is C=CC(=O)Nc1cccc(Nc2ccc(CNC3CCC(N(C)c4nc(NC)nc5sc(CC(F)(F)F)cc45)C3)cc2)c1. The molecule has 2 unspecified atom stereocenters. The third-order valence-corrected chi connectivity index (χ3v) is 8.49. The van der Waals surface area contributed by atoms with Gasteiger partial charge in [-0.1, -0.05) is 24.8 Å². The maximum atomic E-state index is 13.0. The number of carbonyl (C=O) groups excluding carboxylic acids is 1. The number of hydrogen-bond acceptors (Lipinski definition) is 8. The molecule has 1 amide bonds. The number of nitrogens with one attached hydrogen (secondary N) is 4. The number of rotatable bonds is 11. The number of halogens is 3. The normalized spacial score (nSPS) is 16.7.